The fourth-order valence-electron chi connectivity index (χ4n) is 3.87. The summed E-state index contributed by atoms with van der Waals surface area (Å²) in [7, 11) is -4.26. The summed E-state index contributed by atoms with van der Waals surface area (Å²) in [6, 6.07) is 3.47. The van der Waals surface area contributed by atoms with Crippen LogP contribution in [0.1, 0.15) is 33.9 Å². The van der Waals surface area contributed by atoms with E-state index in [1.165, 1.54) is 13.8 Å². The van der Waals surface area contributed by atoms with Crippen LogP contribution in [0, 0.1) is 13.8 Å². The predicted octanol–water partition coefficient (Wildman–Crippen LogP) is 1.10. The number of anilines is 1. The number of H-pyrrole nitrogens is 2. The third-order valence-electron chi connectivity index (χ3n) is 5.60. The molecule has 0 saturated carbocycles. The average molecular weight is 531 g/mol. The molecule has 0 saturated heterocycles. The van der Waals surface area contributed by atoms with Crippen molar-refractivity contribution < 1.29 is 27.6 Å². The Morgan fingerprint density at radius 1 is 1.24 bits per heavy atom. The molecule has 0 aliphatic rings. The van der Waals surface area contributed by atoms with Gasteiger partial charge in [0, 0.05) is 36.6 Å². The van der Waals surface area contributed by atoms with E-state index in [0.717, 1.165) is 17.5 Å². The lowest BCUT2D eigenvalue weighted by Crippen LogP contribution is -2.48. The lowest BCUT2D eigenvalue weighted by molar-refractivity contribution is -0.138. The summed E-state index contributed by atoms with van der Waals surface area (Å²) >= 11 is 0. The first kappa shape index (κ1) is 25.8. The molecule has 1 atom stereocenters. The first-order valence-corrected chi connectivity index (χ1v) is 12.8. The molecule has 4 aromatic rings. The van der Waals surface area contributed by atoms with E-state index in [2.05, 4.69) is 40.7 Å². The molecular weight excluding hydrogens is 504 g/mol. The van der Waals surface area contributed by atoms with Crippen LogP contribution in [0.3, 0.4) is 0 Å². The summed E-state index contributed by atoms with van der Waals surface area (Å²) in [6.07, 6.45) is 4.83. The quantitative estimate of drug-likeness (QED) is 0.144. The molecule has 6 N–H and O–H groups in total. The van der Waals surface area contributed by atoms with Crippen molar-refractivity contribution in [1.29, 1.82) is 0 Å². The number of carboxylic acids is 1. The zero-order chi connectivity index (χ0) is 26.6. The van der Waals surface area contributed by atoms with Crippen molar-refractivity contribution in [3.05, 3.63) is 53.3 Å². The van der Waals surface area contributed by atoms with Gasteiger partial charge in [0.1, 0.15) is 22.1 Å². The third-order valence-corrected chi connectivity index (χ3v) is 7.32. The second-order valence-corrected chi connectivity index (χ2v) is 9.90. The fourth-order valence-corrected chi connectivity index (χ4v) is 5.39. The van der Waals surface area contributed by atoms with Crippen molar-refractivity contribution in [2.75, 3.05) is 18.4 Å². The minimum atomic E-state index is -4.26. The Morgan fingerprint density at radius 2 is 2.05 bits per heavy atom. The Kier molecular flexibility index (Phi) is 7.54. The number of hydrogen-bond donors (Lipinski definition) is 6. The fraction of sp³-hybridized carbons (Fsp3) is 0.318. The summed E-state index contributed by atoms with van der Waals surface area (Å²) in [5.41, 5.74) is 1.60. The molecule has 3 aromatic heterocycles. The molecule has 37 heavy (non-hydrogen) atoms. The van der Waals surface area contributed by atoms with E-state index in [4.69, 9.17) is 4.52 Å². The number of carbonyl (C=O) groups is 2. The molecule has 196 valence electrons. The maximum Gasteiger partial charge on any atom is 0.323 e. The van der Waals surface area contributed by atoms with Gasteiger partial charge in [0.15, 0.2) is 11.7 Å². The molecular formula is C22H26N8O6S. The molecule has 15 heteroatoms. The van der Waals surface area contributed by atoms with Gasteiger partial charge in [0.05, 0.1) is 5.56 Å². The van der Waals surface area contributed by atoms with Gasteiger partial charge in [0.2, 0.25) is 10.0 Å². The Balaban J connectivity index is 1.41. The van der Waals surface area contributed by atoms with E-state index in [1.807, 2.05) is 6.07 Å². The van der Waals surface area contributed by atoms with Crippen LogP contribution in [-0.4, -0.2) is 69.9 Å². The zero-order valence-electron chi connectivity index (χ0n) is 20.0. The number of rotatable bonds is 12. The number of aryl methyl sites for hydroxylation is 3. The number of carbonyl (C=O) groups excluding carboxylic acids is 1. The zero-order valence-corrected chi connectivity index (χ0v) is 20.8. The van der Waals surface area contributed by atoms with Gasteiger partial charge < -0.3 is 25.2 Å². The summed E-state index contributed by atoms with van der Waals surface area (Å²) in [6.45, 7) is 3.01. The highest BCUT2D eigenvalue weighted by atomic mass is 32.2. The van der Waals surface area contributed by atoms with Crippen LogP contribution < -0.4 is 15.4 Å². The van der Waals surface area contributed by atoms with Crippen LogP contribution in [0.5, 0.6) is 0 Å². The first-order chi connectivity index (χ1) is 17.7. The van der Waals surface area contributed by atoms with E-state index in [-0.39, 0.29) is 21.9 Å². The number of nitrogens with zero attached hydrogens (tertiary/aromatic N) is 3. The molecule has 0 bridgehead atoms. The van der Waals surface area contributed by atoms with Gasteiger partial charge in [-0.2, -0.15) is 9.82 Å². The number of aliphatic carboxylic acids is 1. The summed E-state index contributed by atoms with van der Waals surface area (Å²) in [4.78, 5) is 31.5. The predicted molar refractivity (Wildman–Crippen MR) is 132 cm³/mol. The first-order valence-electron chi connectivity index (χ1n) is 11.3. The van der Waals surface area contributed by atoms with Crippen LogP contribution >= 0.6 is 0 Å². The van der Waals surface area contributed by atoms with Crippen molar-refractivity contribution in [1.82, 2.24) is 35.4 Å². The van der Waals surface area contributed by atoms with Gasteiger partial charge in [0.25, 0.3) is 5.91 Å². The number of hydrogen-bond acceptors (Lipinski definition) is 9. The minimum Gasteiger partial charge on any atom is -0.480 e. The summed E-state index contributed by atoms with van der Waals surface area (Å²) in [5.74, 6) is -1.34. The normalized spacial score (nSPS) is 12.5. The monoisotopic (exact) mass is 530 g/mol. The van der Waals surface area contributed by atoms with E-state index in [1.54, 1.807) is 24.5 Å². The topological polar surface area (TPSA) is 208 Å². The maximum absolute atomic E-state index is 12.9. The molecule has 1 amide bonds. The number of amides is 1. The second-order valence-electron chi connectivity index (χ2n) is 8.25. The number of fused-ring (bicyclic) bond motifs is 1. The molecule has 0 radical (unpaired) electrons. The lowest BCUT2D eigenvalue weighted by Gasteiger charge is -2.15. The molecule has 1 aromatic carbocycles. The summed E-state index contributed by atoms with van der Waals surface area (Å²) in [5, 5.41) is 26.8. The van der Waals surface area contributed by atoms with E-state index in [9.17, 15) is 23.1 Å². The van der Waals surface area contributed by atoms with Crippen molar-refractivity contribution in [2.45, 2.75) is 37.6 Å². The highest BCUT2D eigenvalue weighted by Crippen LogP contribution is 2.21. The Labute approximate surface area is 211 Å². The van der Waals surface area contributed by atoms with Crippen LogP contribution in [0.15, 0.2) is 40.0 Å². The van der Waals surface area contributed by atoms with Crippen molar-refractivity contribution in [2.24, 2.45) is 0 Å². The van der Waals surface area contributed by atoms with Crippen molar-refractivity contribution in [3.63, 3.8) is 0 Å². The average Bonchev–Trinajstić information content (AvgIpc) is 3.59. The lowest BCUT2D eigenvalue weighted by atomic mass is 10.1. The molecule has 0 fully saturated rings. The Morgan fingerprint density at radius 3 is 2.73 bits per heavy atom. The van der Waals surface area contributed by atoms with E-state index < -0.39 is 34.5 Å². The summed E-state index contributed by atoms with van der Waals surface area (Å²) < 4.78 is 32.4. The number of imidazole rings is 1. The van der Waals surface area contributed by atoms with E-state index >= 15 is 0 Å². The Hall–Kier alpha value is -4.24. The molecule has 4 rings (SSSR count). The second kappa shape index (κ2) is 10.8. The molecule has 3 heterocycles. The van der Waals surface area contributed by atoms with Gasteiger partial charge in [-0.05, 0) is 32.8 Å². The van der Waals surface area contributed by atoms with Crippen LogP contribution in [0.2, 0.25) is 0 Å². The van der Waals surface area contributed by atoms with Crippen LogP contribution in [0.25, 0.3) is 10.9 Å². The maximum atomic E-state index is 12.9. The highest BCUT2D eigenvalue weighted by molar-refractivity contribution is 7.89. The van der Waals surface area contributed by atoms with Gasteiger partial charge in [-0.15, -0.1) is 0 Å². The smallest absolute Gasteiger partial charge is 0.323 e. The molecule has 14 nitrogen and oxygen atoms in total. The largest absolute Gasteiger partial charge is 0.480 e. The standard InChI is InChI=1S/C22H26N8O6S/c1-12-19(13(2)36-29-12)37(34,35)30-17(21(32)33)11-26-20(31)15-6-3-5-14-16(27-28-18(14)15)7-4-8-23-22-24-9-10-25-22/h3,5-6,9-10,17,30H,4,7-8,11H2,1-2H3,(H,26,31)(H,27,28)(H,32,33)(H2,23,24,25). The Bertz CT molecular complexity index is 1490. The highest BCUT2D eigenvalue weighted by Gasteiger charge is 2.30. The van der Waals surface area contributed by atoms with Gasteiger partial charge in [-0.25, -0.2) is 13.4 Å². The molecule has 0 spiro atoms. The molecule has 0 aliphatic carbocycles. The van der Waals surface area contributed by atoms with Crippen LogP contribution in [0.4, 0.5) is 5.95 Å². The number of aromatic amines is 2. The number of carboxylic acid groups (broad SMARTS) is 1. The molecule has 0 aliphatic heterocycles. The van der Waals surface area contributed by atoms with E-state index in [0.29, 0.717) is 24.4 Å². The number of benzene rings is 1. The van der Waals surface area contributed by atoms with Crippen molar-refractivity contribution in [3.8, 4) is 0 Å². The molecule has 1 unspecified atom stereocenters. The number of sulfonamides is 1. The van der Waals surface area contributed by atoms with Gasteiger partial charge >= 0.3 is 5.97 Å². The number of nitrogens with one attached hydrogen (secondary N) is 5. The number of aromatic nitrogens is 5. The van der Waals surface area contributed by atoms with Crippen LogP contribution in [-0.2, 0) is 21.2 Å². The van der Waals surface area contributed by atoms with Crippen molar-refractivity contribution >= 4 is 38.8 Å². The minimum absolute atomic E-state index is 0.0240. The number of para-hydroxylation sites is 1. The van der Waals surface area contributed by atoms with Gasteiger partial charge in [-0.3, -0.25) is 14.7 Å². The SMILES string of the molecule is Cc1noc(C)c1S(=O)(=O)NC(CNC(=O)c1cccc2c(CCCNc3ncc[nH]3)[nH]nc12)C(=O)O. The third kappa shape index (κ3) is 5.78. The van der Waals surface area contributed by atoms with Gasteiger partial charge in [-0.1, -0.05) is 17.3 Å².